The maximum Gasteiger partial charge on any atom is 0.358 e. The molecule has 0 N–H and O–H groups in total. The van der Waals surface area contributed by atoms with Gasteiger partial charge in [-0.15, -0.1) is 0 Å². The van der Waals surface area contributed by atoms with Crippen LogP contribution in [0.2, 0.25) is 5.02 Å². The van der Waals surface area contributed by atoms with E-state index in [1.807, 2.05) is 0 Å². The van der Waals surface area contributed by atoms with Crippen LogP contribution in [0.25, 0.3) is 0 Å². The Balaban J connectivity index is 3.31. The smallest absolute Gasteiger partial charge is 0.358 e. The number of halogens is 3. The summed E-state index contributed by atoms with van der Waals surface area (Å²) >= 11 is 5.74. The van der Waals surface area contributed by atoms with Gasteiger partial charge in [-0.25, -0.2) is 18.6 Å². The van der Waals surface area contributed by atoms with Gasteiger partial charge in [0.2, 0.25) is 0 Å². The number of aryl methyl sites for hydroxylation is 1. The fourth-order valence-electron chi connectivity index (χ4n) is 1.03. The molecule has 6 heteroatoms. The number of rotatable bonds is 2. The van der Waals surface area contributed by atoms with Crippen molar-refractivity contribution in [2.45, 2.75) is 13.3 Å². The number of pyridine rings is 1. The van der Waals surface area contributed by atoms with E-state index < -0.39 is 18.1 Å². The fraction of sp³-hybridized carbons (Fsp3) is 0.333. The number of hydrogen-bond donors (Lipinski definition) is 0. The molecule has 1 aromatic heterocycles. The highest BCUT2D eigenvalue weighted by atomic mass is 35.5. The average Bonchev–Trinajstić information content (AvgIpc) is 2.20. The van der Waals surface area contributed by atoms with Crippen LogP contribution in [-0.4, -0.2) is 18.1 Å². The van der Waals surface area contributed by atoms with E-state index in [1.54, 1.807) is 0 Å². The summed E-state index contributed by atoms with van der Waals surface area (Å²) in [5.41, 5.74) is -0.408. The van der Waals surface area contributed by atoms with Gasteiger partial charge in [0, 0.05) is 0 Å². The number of esters is 1. The molecule has 1 rings (SSSR count). The van der Waals surface area contributed by atoms with Crippen molar-refractivity contribution >= 4 is 17.6 Å². The first kappa shape index (κ1) is 11.8. The lowest BCUT2D eigenvalue weighted by Gasteiger charge is -2.07. The van der Waals surface area contributed by atoms with Gasteiger partial charge in [-0.3, -0.25) is 0 Å². The van der Waals surface area contributed by atoms with Gasteiger partial charge in [-0.1, -0.05) is 11.6 Å². The number of carbonyl (C=O) groups is 1. The Morgan fingerprint density at radius 3 is 2.67 bits per heavy atom. The molecule has 82 valence electrons. The van der Waals surface area contributed by atoms with Crippen LogP contribution in [0.1, 0.15) is 28.2 Å². The molecule has 0 unspecified atom stereocenters. The molecule has 0 aliphatic heterocycles. The number of aromatic nitrogens is 1. The first-order chi connectivity index (χ1) is 6.97. The third-order valence-electron chi connectivity index (χ3n) is 1.76. The van der Waals surface area contributed by atoms with Crippen LogP contribution in [-0.2, 0) is 4.74 Å². The van der Waals surface area contributed by atoms with Crippen molar-refractivity contribution in [3.63, 3.8) is 0 Å². The third-order valence-corrected chi connectivity index (χ3v) is 2.24. The minimum Gasteiger partial charge on any atom is -0.464 e. The van der Waals surface area contributed by atoms with Gasteiger partial charge in [0.05, 0.1) is 12.1 Å². The second-order valence-corrected chi connectivity index (χ2v) is 3.20. The van der Waals surface area contributed by atoms with Gasteiger partial charge in [-0.2, -0.15) is 0 Å². The standard InChI is InChI=1S/C9H8ClF2NO2/c1-4-3-5(8(11)12)13-7(6(4)10)9(14)15-2/h3,8H,1-2H3. The summed E-state index contributed by atoms with van der Waals surface area (Å²) in [5, 5.41) is 0.0336. The zero-order valence-corrected chi connectivity index (χ0v) is 8.81. The van der Waals surface area contributed by atoms with Gasteiger partial charge < -0.3 is 4.74 Å². The van der Waals surface area contributed by atoms with E-state index in [9.17, 15) is 13.6 Å². The number of carbonyl (C=O) groups excluding carboxylic acids is 1. The van der Waals surface area contributed by atoms with Crippen molar-refractivity contribution < 1.29 is 18.3 Å². The molecule has 0 radical (unpaired) electrons. The summed E-state index contributed by atoms with van der Waals surface area (Å²) in [6, 6.07) is 1.14. The highest BCUT2D eigenvalue weighted by Crippen LogP contribution is 2.25. The van der Waals surface area contributed by atoms with Gasteiger partial charge in [-0.05, 0) is 18.6 Å². The van der Waals surface area contributed by atoms with Crippen molar-refractivity contribution in [2.24, 2.45) is 0 Å². The SMILES string of the molecule is COC(=O)c1nc(C(F)F)cc(C)c1Cl. The lowest BCUT2D eigenvalue weighted by atomic mass is 10.2. The van der Waals surface area contributed by atoms with Crippen LogP contribution >= 0.6 is 11.6 Å². The Morgan fingerprint density at radius 1 is 1.60 bits per heavy atom. The molecule has 15 heavy (non-hydrogen) atoms. The third kappa shape index (κ3) is 2.41. The van der Waals surface area contributed by atoms with Crippen molar-refractivity contribution in [1.82, 2.24) is 4.98 Å². The minimum atomic E-state index is -2.75. The molecule has 0 bridgehead atoms. The van der Waals surface area contributed by atoms with Crippen molar-refractivity contribution in [3.8, 4) is 0 Å². The molecular weight excluding hydrogens is 228 g/mol. The predicted molar refractivity (Wildman–Crippen MR) is 50.3 cm³/mol. The lowest BCUT2D eigenvalue weighted by molar-refractivity contribution is 0.0592. The lowest BCUT2D eigenvalue weighted by Crippen LogP contribution is -2.08. The molecule has 0 aliphatic carbocycles. The molecule has 0 fully saturated rings. The first-order valence-corrected chi connectivity index (χ1v) is 4.38. The van der Waals surface area contributed by atoms with Gasteiger partial charge in [0.1, 0.15) is 5.69 Å². The Hall–Kier alpha value is -1.23. The summed E-state index contributed by atoms with van der Waals surface area (Å²) in [5.74, 6) is -0.828. The van der Waals surface area contributed by atoms with Crippen LogP contribution in [0, 0.1) is 6.92 Å². The maximum atomic E-state index is 12.4. The Kier molecular flexibility index (Phi) is 3.57. The summed E-state index contributed by atoms with van der Waals surface area (Å²) in [7, 11) is 1.13. The zero-order valence-electron chi connectivity index (χ0n) is 8.05. The zero-order chi connectivity index (χ0) is 11.6. The molecular formula is C9H8ClF2NO2. The van der Waals surface area contributed by atoms with Gasteiger partial charge in [0.15, 0.2) is 5.69 Å². The Labute approximate surface area is 90.0 Å². The molecule has 3 nitrogen and oxygen atoms in total. The number of nitrogens with zero attached hydrogens (tertiary/aromatic N) is 1. The predicted octanol–water partition coefficient (Wildman–Crippen LogP) is 2.77. The highest BCUT2D eigenvalue weighted by Gasteiger charge is 2.19. The first-order valence-electron chi connectivity index (χ1n) is 4.01. The second-order valence-electron chi connectivity index (χ2n) is 2.82. The number of hydrogen-bond acceptors (Lipinski definition) is 3. The minimum absolute atomic E-state index is 0.0336. The molecule has 0 atom stereocenters. The average molecular weight is 236 g/mol. The molecule has 0 amide bonds. The molecule has 0 saturated carbocycles. The van der Waals surface area contributed by atoms with E-state index >= 15 is 0 Å². The van der Waals surface area contributed by atoms with Gasteiger partial charge in [0.25, 0.3) is 6.43 Å². The topological polar surface area (TPSA) is 39.2 Å². The highest BCUT2D eigenvalue weighted by molar-refractivity contribution is 6.34. The molecule has 0 aromatic carbocycles. The van der Waals surface area contributed by atoms with Crippen LogP contribution in [0.5, 0.6) is 0 Å². The van der Waals surface area contributed by atoms with E-state index in [-0.39, 0.29) is 10.7 Å². The number of ether oxygens (including phenoxy) is 1. The maximum absolute atomic E-state index is 12.4. The molecule has 0 saturated heterocycles. The number of methoxy groups -OCH3 is 1. The van der Waals surface area contributed by atoms with Crippen LogP contribution in [0.15, 0.2) is 6.07 Å². The fourth-order valence-corrected chi connectivity index (χ4v) is 1.20. The molecule has 0 spiro atoms. The Morgan fingerprint density at radius 2 is 2.20 bits per heavy atom. The van der Waals surface area contributed by atoms with Crippen molar-refractivity contribution in [2.75, 3.05) is 7.11 Å². The van der Waals surface area contributed by atoms with Gasteiger partial charge >= 0.3 is 5.97 Å². The second kappa shape index (κ2) is 4.53. The quantitative estimate of drug-likeness (QED) is 0.740. The molecule has 0 aliphatic rings. The van der Waals surface area contributed by atoms with E-state index in [0.717, 1.165) is 13.2 Å². The summed E-state index contributed by atoms with van der Waals surface area (Å²) in [4.78, 5) is 14.6. The van der Waals surface area contributed by atoms with Crippen LogP contribution < -0.4 is 0 Å². The number of alkyl halides is 2. The van der Waals surface area contributed by atoms with Crippen LogP contribution in [0.4, 0.5) is 8.78 Å². The normalized spacial score (nSPS) is 10.5. The summed E-state index contributed by atoms with van der Waals surface area (Å²) in [6.07, 6.45) is -2.75. The van der Waals surface area contributed by atoms with E-state index in [2.05, 4.69) is 9.72 Å². The van der Waals surface area contributed by atoms with E-state index in [4.69, 9.17) is 11.6 Å². The monoisotopic (exact) mass is 235 g/mol. The summed E-state index contributed by atoms with van der Waals surface area (Å²) < 4.78 is 29.1. The van der Waals surface area contributed by atoms with E-state index in [1.165, 1.54) is 6.92 Å². The van der Waals surface area contributed by atoms with Crippen molar-refractivity contribution in [1.29, 1.82) is 0 Å². The summed E-state index contributed by atoms with van der Waals surface area (Å²) in [6.45, 7) is 1.52. The van der Waals surface area contributed by atoms with Crippen molar-refractivity contribution in [3.05, 3.63) is 28.0 Å². The largest absolute Gasteiger partial charge is 0.464 e. The van der Waals surface area contributed by atoms with Crippen LogP contribution in [0.3, 0.4) is 0 Å². The molecule has 1 aromatic rings. The van der Waals surface area contributed by atoms with E-state index in [0.29, 0.717) is 5.56 Å². The molecule has 1 heterocycles. The Bertz CT molecular complexity index is 396.